The second-order valence-electron chi connectivity index (χ2n) is 6.93. The number of carbonyl (C=O) groups is 4. The van der Waals surface area contributed by atoms with Gasteiger partial charge in [-0.25, -0.2) is 9.59 Å². The topological polar surface area (TPSA) is 114 Å². The van der Waals surface area contributed by atoms with Crippen molar-refractivity contribution in [1.82, 2.24) is 0 Å². The minimum absolute atomic E-state index is 0.255. The van der Waals surface area contributed by atoms with Gasteiger partial charge in [0.25, 0.3) is 0 Å². The lowest BCUT2D eigenvalue weighted by atomic mass is 10.1. The summed E-state index contributed by atoms with van der Waals surface area (Å²) in [7, 11) is 0. The summed E-state index contributed by atoms with van der Waals surface area (Å²) in [4.78, 5) is 48.1. The summed E-state index contributed by atoms with van der Waals surface area (Å²) in [6, 6.07) is 16.4. The van der Waals surface area contributed by atoms with Crippen molar-refractivity contribution in [2.75, 3.05) is 6.61 Å². The van der Waals surface area contributed by atoms with Crippen LogP contribution < -0.4 is 0 Å². The second kappa shape index (κ2) is 10.5. The Labute approximate surface area is 184 Å². The van der Waals surface area contributed by atoms with Gasteiger partial charge in [0.2, 0.25) is 12.4 Å². The van der Waals surface area contributed by atoms with Gasteiger partial charge < -0.3 is 23.7 Å². The van der Waals surface area contributed by atoms with E-state index in [1.54, 1.807) is 60.7 Å². The summed E-state index contributed by atoms with van der Waals surface area (Å²) in [5.74, 6) is -2.72. The quantitative estimate of drug-likeness (QED) is 0.470. The molecule has 168 valence electrons. The highest BCUT2D eigenvalue weighted by atomic mass is 16.8. The molecule has 0 aromatic heterocycles. The van der Waals surface area contributed by atoms with Gasteiger partial charge >= 0.3 is 23.9 Å². The average Bonchev–Trinajstić information content (AvgIpc) is 3.08. The summed E-state index contributed by atoms with van der Waals surface area (Å²) in [6.07, 6.45) is -4.83. The van der Waals surface area contributed by atoms with E-state index in [1.807, 2.05) is 0 Å². The number of hydrogen-bond acceptors (Lipinski definition) is 9. The molecule has 0 bridgehead atoms. The molecule has 32 heavy (non-hydrogen) atoms. The third kappa shape index (κ3) is 5.92. The van der Waals surface area contributed by atoms with E-state index < -0.39 is 48.5 Å². The molecule has 9 heteroatoms. The predicted octanol–water partition coefficient (Wildman–Crippen LogP) is 2.29. The monoisotopic (exact) mass is 442 g/mol. The van der Waals surface area contributed by atoms with Gasteiger partial charge in [-0.1, -0.05) is 36.4 Å². The van der Waals surface area contributed by atoms with Crippen LogP contribution in [0.3, 0.4) is 0 Å². The normalized spacial score (nSPS) is 21.9. The zero-order chi connectivity index (χ0) is 23.1. The van der Waals surface area contributed by atoms with E-state index in [2.05, 4.69) is 0 Å². The molecule has 4 unspecified atom stereocenters. The first-order valence-corrected chi connectivity index (χ1v) is 9.83. The van der Waals surface area contributed by atoms with Crippen LogP contribution >= 0.6 is 0 Å². The Kier molecular flexibility index (Phi) is 7.56. The summed E-state index contributed by atoms with van der Waals surface area (Å²) < 4.78 is 26.8. The number of rotatable bonds is 7. The first kappa shape index (κ1) is 23.0. The average molecular weight is 442 g/mol. The van der Waals surface area contributed by atoms with Crippen molar-refractivity contribution in [1.29, 1.82) is 0 Å². The van der Waals surface area contributed by atoms with Gasteiger partial charge in [-0.15, -0.1) is 0 Å². The van der Waals surface area contributed by atoms with E-state index in [0.717, 1.165) is 13.8 Å². The lowest BCUT2D eigenvalue weighted by Gasteiger charge is -2.23. The van der Waals surface area contributed by atoms with Crippen molar-refractivity contribution in [3.05, 3.63) is 71.8 Å². The lowest BCUT2D eigenvalue weighted by molar-refractivity contribution is -0.196. The number of carbonyl (C=O) groups excluding carboxylic acids is 4. The van der Waals surface area contributed by atoms with Crippen molar-refractivity contribution in [3.8, 4) is 0 Å². The molecule has 3 rings (SSSR count). The maximum absolute atomic E-state index is 12.6. The van der Waals surface area contributed by atoms with Crippen LogP contribution in [0.2, 0.25) is 0 Å². The van der Waals surface area contributed by atoms with Gasteiger partial charge in [0.05, 0.1) is 11.1 Å². The standard InChI is InChI=1S/C23H22O9/c1-14(24)29-20-19(32-22(27)17-11-7-4-8-12-17)18(31-23(20)30-15(2)25)13-28-21(26)16-9-5-3-6-10-16/h3-12,18-20,23H,13H2,1-2H3. The number of ether oxygens (including phenoxy) is 5. The largest absolute Gasteiger partial charge is 0.459 e. The van der Waals surface area contributed by atoms with Crippen LogP contribution in [0.1, 0.15) is 34.6 Å². The van der Waals surface area contributed by atoms with E-state index in [-0.39, 0.29) is 12.2 Å². The van der Waals surface area contributed by atoms with Crippen LogP contribution in [0.5, 0.6) is 0 Å². The molecule has 0 radical (unpaired) electrons. The third-order valence-electron chi connectivity index (χ3n) is 4.49. The molecule has 1 aliphatic heterocycles. The Balaban J connectivity index is 1.80. The van der Waals surface area contributed by atoms with E-state index in [9.17, 15) is 19.2 Å². The van der Waals surface area contributed by atoms with Gasteiger partial charge in [0, 0.05) is 13.8 Å². The molecule has 0 aliphatic carbocycles. The van der Waals surface area contributed by atoms with E-state index in [0.29, 0.717) is 5.56 Å². The zero-order valence-corrected chi connectivity index (χ0v) is 17.5. The van der Waals surface area contributed by atoms with Crippen molar-refractivity contribution in [2.24, 2.45) is 0 Å². The third-order valence-corrected chi connectivity index (χ3v) is 4.49. The fourth-order valence-corrected chi connectivity index (χ4v) is 3.12. The van der Waals surface area contributed by atoms with Crippen molar-refractivity contribution in [2.45, 2.75) is 38.4 Å². The molecule has 0 N–H and O–H groups in total. The molecular formula is C23H22O9. The highest BCUT2D eigenvalue weighted by molar-refractivity contribution is 5.90. The summed E-state index contributed by atoms with van der Waals surface area (Å²) in [5, 5.41) is 0. The van der Waals surface area contributed by atoms with E-state index in [4.69, 9.17) is 23.7 Å². The molecule has 2 aromatic carbocycles. The van der Waals surface area contributed by atoms with Crippen LogP contribution in [0.25, 0.3) is 0 Å². The van der Waals surface area contributed by atoms with Gasteiger partial charge in [-0.2, -0.15) is 0 Å². The van der Waals surface area contributed by atoms with Crippen LogP contribution in [-0.4, -0.2) is 55.1 Å². The molecule has 0 amide bonds. The maximum atomic E-state index is 12.6. The molecule has 0 saturated carbocycles. The van der Waals surface area contributed by atoms with Crippen molar-refractivity contribution < 1.29 is 42.9 Å². The van der Waals surface area contributed by atoms with Crippen LogP contribution in [0, 0.1) is 0 Å². The second-order valence-corrected chi connectivity index (χ2v) is 6.93. The molecule has 1 saturated heterocycles. The van der Waals surface area contributed by atoms with Crippen molar-refractivity contribution >= 4 is 23.9 Å². The van der Waals surface area contributed by atoms with Gasteiger partial charge in [-0.3, -0.25) is 9.59 Å². The number of hydrogen-bond donors (Lipinski definition) is 0. The van der Waals surface area contributed by atoms with Crippen LogP contribution in [-0.2, 0) is 33.3 Å². The molecule has 0 spiro atoms. The Morgan fingerprint density at radius 1 is 0.719 bits per heavy atom. The highest BCUT2D eigenvalue weighted by Crippen LogP contribution is 2.29. The summed E-state index contributed by atoms with van der Waals surface area (Å²) in [6.45, 7) is 1.97. The Morgan fingerprint density at radius 2 is 1.25 bits per heavy atom. The summed E-state index contributed by atoms with van der Waals surface area (Å²) in [5.41, 5.74) is 0.571. The fourth-order valence-electron chi connectivity index (χ4n) is 3.12. The first-order valence-electron chi connectivity index (χ1n) is 9.83. The molecular weight excluding hydrogens is 420 g/mol. The predicted molar refractivity (Wildman–Crippen MR) is 108 cm³/mol. The first-order chi connectivity index (χ1) is 15.3. The van der Waals surface area contributed by atoms with Crippen molar-refractivity contribution in [3.63, 3.8) is 0 Å². The SMILES string of the molecule is CC(=O)OC1OC(COC(=O)c2ccccc2)C(OC(=O)c2ccccc2)C1OC(C)=O. The van der Waals surface area contributed by atoms with E-state index in [1.165, 1.54) is 0 Å². The molecule has 1 fully saturated rings. The smallest absolute Gasteiger partial charge is 0.338 e. The van der Waals surface area contributed by atoms with Crippen LogP contribution in [0.4, 0.5) is 0 Å². The Hall–Kier alpha value is -3.72. The van der Waals surface area contributed by atoms with Gasteiger partial charge in [0.15, 0.2) is 6.10 Å². The zero-order valence-electron chi connectivity index (χ0n) is 17.5. The van der Waals surface area contributed by atoms with E-state index >= 15 is 0 Å². The maximum Gasteiger partial charge on any atom is 0.338 e. The van der Waals surface area contributed by atoms with Crippen LogP contribution in [0.15, 0.2) is 60.7 Å². The van der Waals surface area contributed by atoms with Gasteiger partial charge in [-0.05, 0) is 24.3 Å². The molecule has 1 heterocycles. The highest BCUT2D eigenvalue weighted by Gasteiger charge is 2.51. The molecule has 1 aliphatic rings. The Morgan fingerprint density at radius 3 is 1.78 bits per heavy atom. The lowest BCUT2D eigenvalue weighted by Crippen LogP contribution is -2.42. The fraction of sp³-hybridized carbons (Fsp3) is 0.304. The van der Waals surface area contributed by atoms with Gasteiger partial charge in [0.1, 0.15) is 12.7 Å². The molecule has 4 atom stereocenters. The number of esters is 4. The minimum Gasteiger partial charge on any atom is -0.459 e. The Bertz CT molecular complexity index is 958. The molecule has 2 aromatic rings. The summed E-state index contributed by atoms with van der Waals surface area (Å²) >= 11 is 0. The molecule has 9 nitrogen and oxygen atoms in total. The number of benzene rings is 2. The minimum atomic E-state index is -1.34.